The molecule has 2 rings (SSSR count). The molecule has 3 unspecified atom stereocenters. The van der Waals surface area contributed by atoms with Gasteiger partial charge >= 0.3 is 0 Å². The normalized spacial score (nSPS) is 34.6. The Kier molecular flexibility index (Phi) is 5.26. The Balaban J connectivity index is 1.65. The maximum absolute atomic E-state index is 5.64. The molecule has 2 saturated carbocycles. The summed E-state index contributed by atoms with van der Waals surface area (Å²) in [5.41, 5.74) is 0. The monoisotopic (exact) mass is 241 g/mol. The molecule has 0 aromatic rings. The van der Waals surface area contributed by atoms with Gasteiger partial charge in [0.15, 0.2) is 0 Å². The molecule has 2 fully saturated rings. The van der Waals surface area contributed by atoms with Crippen LogP contribution in [0.4, 0.5) is 0 Å². The van der Waals surface area contributed by atoms with E-state index in [-0.39, 0.29) is 6.10 Å². The third-order valence-electron chi connectivity index (χ3n) is 4.30. The first kappa shape index (κ1) is 13.3. The van der Waals surface area contributed by atoms with Crippen molar-refractivity contribution in [2.24, 2.45) is 5.92 Å². The maximum atomic E-state index is 5.64. The van der Waals surface area contributed by atoms with E-state index < -0.39 is 0 Å². The molecule has 2 aliphatic rings. The summed E-state index contributed by atoms with van der Waals surface area (Å²) >= 11 is 0. The first-order valence-corrected chi connectivity index (χ1v) is 7.23. The maximum Gasteiger partial charge on any atom is 0.0986 e. The van der Waals surface area contributed by atoms with Crippen LogP contribution in [0.3, 0.4) is 0 Å². The van der Waals surface area contributed by atoms with E-state index in [2.05, 4.69) is 12.2 Å². The number of hydrogen-bond donors (Lipinski definition) is 1. The van der Waals surface area contributed by atoms with Gasteiger partial charge < -0.3 is 14.8 Å². The smallest absolute Gasteiger partial charge is 0.0986 e. The highest BCUT2D eigenvalue weighted by Crippen LogP contribution is 2.28. The van der Waals surface area contributed by atoms with Crippen LogP contribution in [0.5, 0.6) is 0 Å². The van der Waals surface area contributed by atoms with E-state index in [1.807, 2.05) is 0 Å². The Labute approximate surface area is 105 Å². The second-order valence-electron chi connectivity index (χ2n) is 5.45. The predicted octanol–water partition coefficient (Wildman–Crippen LogP) is 2.35. The van der Waals surface area contributed by atoms with Crippen LogP contribution in [0.1, 0.15) is 45.4 Å². The summed E-state index contributed by atoms with van der Waals surface area (Å²) in [6, 6.07) is 0.512. The fourth-order valence-corrected chi connectivity index (χ4v) is 3.18. The SMILES string of the molecule is CCOC1CC(NCC2CCCCC2)C1OC. The Hall–Kier alpha value is -0.120. The zero-order chi connectivity index (χ0) is 12.1. The Bertz CT molecular complexity index is 216. The summed E-state index contributed by atoms with van der Waals surface area (Å²) in [4.78, 5) is 0. The lowest BCUT2D eigenvalue weighted by Gasteiger charge is -2.44. The highest BCUT2D eigenvalue weighted by molar-refractivity contribution is 4.97. The van der Waals surface area contributed by atoms with Crippen molar-refractivity contribution in [3.63, 3.8) is 0 Å². The van der Waals surface area contributed by atoms with Crippen molar-refractivity contribution in [3.8, 4) is 0 Å². The minimum absolute atomic E-state index is 0.263. The molecule has 3 nitrogen and oxygen atoms in total. The van der Waals surface area contributed by atoms with Gasteiger partial charge in [-0.2, -0.15) is 0 Å². The van der Waals surface area contributed by atoms with E-state index in [1.165, 1.54) is 38.6 Å². The van der Waals surface area contributed by atoms with Gasteiger partial charge in [0, 0.05) is 19.8 Å². The molecule has 0 radical (unpaired) electrons. The number of nitrogens with one attached hydrogen (secondary N) is 1. The van der Waals surface area contributed by atoms with Crippen LogP contribution in [0, 0.1) is 5.92 Å². The van der Waals surface area contributed by atoms with Crippen molar-refractivity contribution in [2.45, 2.75) is 63.7 Å². The second-order valence-corrected chi connectivity index (χ2v) is 5.45. The third kappa shape index (κ3) is 3.43. The van der Waals surface area contributed by atoms with Gasteiger partial charge in [-0.1, -0.05) is 19.3 Å². The fourth-order valence-electron chi connectivity index (χ4n) is 3.18. The molecule has 3 heteroatoms. The van der Waals surface area contributed by atoms with Gasteiger partial charge in [0.1, 0.15) is 0 Å². The van der Waals surface area contributed by atoms with Crippen LogP contribution in [-0.4, -0.2) is 38.5 Å². The summed E-state index contributed by atoms with van der Waals surface area (Å²) in [5, 5.41) is 3.67. The average molecular weight is 241 g/mol. The lowest BCUT2D eigenvalue weighted by atomic mass is 9.83. The Morgan fingerprint density at radius 3 is 2.59 bits per heavy atom. The van der Waals surface area contributed by atoms with Crippen molar-refractivity contribution in [2.75, 3.05) is 20.3 Å². The second kappa shape index (κ2) is 6.72. The average Bonchev–Trinajstić information content (AvgIpc) is 2.34. The van der Waals surface area contributed by atoms with E-state index in [0.717, 1.165) is 18.9 Å². The van der Waals surface area contributed by atoms with Gasteiger partial charge in [0.05, 0.1) is 12.2 Å². The molecule has 0 aromatic carbocycles. The van der Waals surface area contributed by atoms with Crippen LogP contribution in [0.15, 0.2) is 0 Å². The number of methoxy groups -OCH3 is 1. The summed E-state index contributed by atoms with van der Waals surface area (Å²) in [7, 11) is 1.80. The zero-order valence-electron chi connectivity index (χ0n) is 11.3. The summed E-state index contributed by atoms with van der Waals surface area (Å²) in [6.07, 6.45) is 8.79. The summed E-state index contributed by atoms with van der Waals surface area (Å²) in [6.45, 7) is 4.01. The van der Waals surface area contributed by atoms with Crippen LogP contribution in [0.2, 0.25) is 0 Å². The van der Waals surface area contributed by atoms with Crippen molar-refractivity contribution < 1.29 is 9.47 Å². The van der Waals surface area contributed by atoms with E-state index in [4.69, 9.17) is 9.47 Å². The van der Waals surface area contributed by atoms with Gasteiger partial charge in [-0.05, 0) is 38.6 Å². The number of ether oxygens (including phenoxy) is 2. The van der Waals surface area contributed by atoms with Crippen LogP contribution in [-0.2, 0) is 9.47 Å². The quantitative estimate of drug-likeness (QED) is 0.774. The molecule has 0 heterocycles. The van der Waals surface area contributed by atoms with Gasteiger partial charge in [-0.3, -0.25) is 0 Å². The molecular formula is C14H27NO2. The van der Waals surface area contributed by atoms with Crippen molar-refractivity contribution in [1.82, 2.24) is 5.32 Å². The van der Waals surface area contributed by atoms with Crippen LogP contribution >= 0.6 is 0 Å². The Morgan fingerprint density at radius 1 is 1.18 bits per heavy atom. The number of hydrogen-bond acceptors (Lipinski definition) is 3. The summed E-state index contributed by atoms with van der Waals surface area (Å²) < 4.78 is 11.2. The molecule has 2 aliphatic carbocycles. The zero-order valence-corrected chi connectivity index (χ0v) is 11.3. The predicted molar refractivity (Wildman–Crippen MR) is 69.2 cm³/mol. The van der Waals surface area contributed by atoms with Crippen LogP contribution < -0.4 is 5.32 Å². The molecule has 0 saturated heterocycles. The third-order valence-corrected chi connectivity index (χ3v) is 4.30. The molecule has 0 aliphatic heterocycles. The van der Waals surface area contributed by atoms with Gasteiger partial charge in [0.25, 0.3) is 0 Å². The van der Waals surface area contributed by atoms with E-state index in [9.17, 15) is 0 Å². The minimum atomic E-state index is 0.263. The van der Waals surface area contributed by atoms with Crippen molar-refractivity contribution in [1.29, 1.82) is 0 Å². The largest absolute Gasteiger partial charge is 0.377 e. The minimum Gasteiger partial charge on any atom is -0.377 e. The first-order chi connectivity index (χ1) is 8.35. The van der Waals surface area contributed by atoms with E-state index in [1.54, 1.807) is 7.11 Å². The molecule has 17 heavy (non-hydrogen) atoms. The van der Waals surface area contributed by atoms with E-state index >= 15 is 0 Å². The lowest BCUT2D eigenvalue weighted by molar-refractivity contribution is -0.131. The molecule has 100 valence electrons. The van der Waals surface area contributed by atoms with Gasteiger partial charge in [-0.25, -0.2) is 0 Å². The molecule has 0 bridgehead atoms. The lowest BCUT2D eigenvalue weighted by Crippen LogP contribution is -2.60. The topological polar surface area (TPSA) is 30.5 Å². The molecule has 0 amide bonds. The molecular weight excluding hydrogens is 214 g/mol. The summed E-state index contributed by atoms with van der Waals surface area (Å²) in [5.74, 6) is 0.896. The molecule has 0 aromatic heterocycles. The standard InChI is InChI=1S/C14H27NO2/c1-3-17-13-9-12(14(13)16-2)15-10-11-7-5-4-6-8-11/h11-15H,3-10H2,1-2H3. The highest BCUT2D eigenvalue weighted by Gasteiger charge is 2.41. The highest BCUT2D eigenvalue weighted by atomic mass is 16.5. The fraction of sp³-hybridized carbons (Fsp3) is 1.00. The molecule has 3 atom stereocenters. The number of rotatable bonds is 6. The molecule has 1 N–H and O–H groups in total. The Morgan fingerprint density at radius 2 is 1.94 bits per heavy atom. The van der Waals surface area contributed by atoms with Gasteiger partial charge in [0.2, 0.25) is 0 Å². The van der Waals surface area contributed by atoms with Crippen LogP contribution in [0.25, 0.3) is 0 Å². The van der Waals surface area contributed by atoms with Crippen molar-refractivity contribution >= 4 is 0 Å². The molecule has 0 spiro atoms. The van der Waals surface area contributed by atoms with E-state index in [0.29, 0.717) is 12.1 Å². The first-order valence-electron chi connectivity index (χ1n) is 7.23. The van der Waals surface area contributed by atoms with Gasteiger partial charge in [-0.15, -0.1) is 0 Å². The van der Waals surface area contributed by atoms with Crippen molar-refractivity contribution in [3.05, 3.63) is 0 Å².